The average molecular weight is 300 g/mol. The molecule has 1 unspecified atom stereocenters. The van der Waals surface area contributed by atoms with Crippen molar-refractivity contribution in [3.8, 4) is 11.1 Å². The van der Waals surface area contributed by atoms with Crippen molar-refractivity contribution in [1.82, 2.24) is 0 Å². The Labute approximate surface area is 124 Å². The number of hydrogen-bond acceptors (Lipinski definition) is 4. The van der Waals surface area contributed by atoms with Crippen LogP contribution in [0.25, 0.3) is 22.1 Å². The number of aliphatic carboxylic acids is 1. The van der Waals surface area contributed by atoms with E-state index in [9.17, 15) is 14.7 Å². The Kier molecular flexibility index (Phi) is 3.58. The van der Waals surface area contributed by atoms with E-state index in [0.717, 1.165) is 22.1 Å². The molecule has 0 saturated carbocycles. The normalized spacial score (nSPS) is 12.4. The zero-order valence-corrected chi connectivity index (χ0v) is 11.8. The minimum absolute atomic E-state index is 0.0125. The zero-order chi connectivity index (χ0) is 14.8. The summed E-state index contributed by atoms with van der Waals surface area (Å²) in [7, 11) is 0. The number of thiophene rings is 1. The number of carbonyl (C=O) groups excluding carboxylic acids is 1. The van der Waals surface area contributed by atoms with Gasteiger partial charge in [0, 0.05) is 22.2 Å². The molecule has 3 rings (SSSR count). The number of carbonyl (C=O) groups is 2. The summed E-state index contributed by atoms with van der Waals surface area (Å²) in [6, 6.07) is 9.51. The SMILES string of the molecule is O=CCC(C(=O)O)c1cc(-c2coc3ccccc23)cs1. The molecular formula is C16H12O4S. The Morgan fingerprint density at radius 1 is 1.38 bits per heavy atom. The maximum atomic E-state index is 11.2. The van der Waals surface area contributed by atoms with Gasteiger partial charge in [0.05, 0.1) is 12.2 Å². The average Bonchev–Trinajstić information content (AvgIpc) is 3.10. The summed E-state index contributed by atoms with van der Waals surface area (Å²) >= 11 is 1.35. The highest BCUT2D eigenvalue weighted by Crippen LogP contribution is 2.36. The maximum Gasteiger partial charge on any atom is 0.312 e. The van der Waals surface area contributed by atoms with Crippen LogP contribution in [0, 0.1) is 0 Å². The van der Waals surface area contributed by atoms with Crippen LogP contribution in [-0.4, -0.2) is 17.4 Å². The molecule has 1 atom stereocenters. The van der Waals surface area contributed by atoms with E-state index in [1.165, 1.54) is 11.3 Å². The van der Waals surface area contributed by atoms with E-state index >= 15 is 0 Å². The smallest absolute Gasteiger partial charge is 0.312 e. The lowest BCUT2D eigenvalue weighted by atomic mass is 10.0. The van der Waals surface area contributed by atoms with Gasteiger partial charge in [-0.25, -0.2) is 0 Å². The van der Waals surface area contributed by atoms with Gasteiger partial charge in [-0.05, 0) is 23.1 Å². The Morgan fingerprint density at radius 3 is 2.95 bits per heavy atom. The van der Waals surface area contributed by atoms with Crippen molar-refractivity contribution in [2.24, 2.45) is 0 Å². The first-order valence-electron chi connectivity index (χ1n) is 6.42. The second-order valence-electron chi connectivity index (χ2n) is 4.68. The summed E-state index contributed by atoms with van der Waals surface area (Å²) in [6.07, 6.45) is 2.30. The number of hydrogen-bond donors (Lipinski definition) is 1. The van der Waals surface area contributed by atoms with Gasteiger partial charge in [0.25, 0.3) is 0 Å². The molecular weight excluding hydrogens is 288 g/mol. The lowest BCUT2D eigenvalue weighted by molar-refractivity contribution is -0.139. The lowest BCUT2D eigenvalue weighted by Gasteiger charge is -2.04. The van der Waals surface area contributed by atoms with E-state index in [1.54, 1.807) is 6.26 Å². The van der Waals surface area contributed by atoms with Crippen LogP contribution in [0.15, 0.2) is 46.4 Å². The lowest BCUT2D eigenvalue weighted by Crippen LogP contribution is -2.10. The fraction of sp³-hybridized carbons (Fsp3) is 0.125. The fourth-order valence-corrected chi connectivity index (χ4v) is 3.33. The van der Waals surface area contributed by atoms with E-state index in [2.05, 4.69) is 0 Å². The molecule has 2 heterocycles. The number of carboxylic acid groups (broad SMARTS) is 1. The molecule has 0 bridgehead atoms. The van der Waals surface area contributed by atoms with Crippen LogP contribution in [0.5, 0.6) is 0 Å². The Hall–Kier alpha value is -2.40. The highest BCUT2D eigenvalue weighted by Gasteiger charge is 2.22. The largest absolute Gasteiger partial charge is 0.481 e. The topological polar surface area (TPSA) is 67.5 Å². The predicted molar refractivity (Wildman–Crippen MR) is 80.6 cm³/mol. The number of furan rings is 1. The number of rotatable bonds is 5. The number of benzene rings is 1. The van der Waals surface area contributed by atoms with Gasteiger partial charge in [-0.2, -0.15) is 0 Å². The molecule has 106 valence electrons. The standard InChI is InChI=1S/C16H12O4S/c17-6-5-12(16(18)19)15-7-10(9-21-15)13-8-20-14-4-2-1-3-11(13)14/h1-4,6-9,12H,5H2,(H,18,19). The molecule has 1 aromatic carbocycles. The molecule has 21 heavy (non-hydrogen) atoms. The van der Waals surface area contributed by atoms with Gasteiger partial charge >= 0.3 is 5.97 Å². The monoisotopic (exact) mass is 300 g/mol. The Morgan fingerprint density at radius 2 is 2.19 bits per heavy atom. The van der Waals surface area contributed by atoms with Gasteiger partial charge in [-0.1, -0.05) is 18.2 Å². The summed E-state index contributed by atoms with van der Waals surface area (Å²) < 4.78 is 5.50. The molecule has 0 aliphatic heterocycles. The molecule has 1 N–H and O–H groups in total. The summed E-state index contributed by atoms with van der Waals surface area (Å²) in [5.74, 6) is -1.76. The fourth-order valence-electron chi connectivity index (χ4n) is 2.31. The quantitative estimate of drug-likeness (QED) is 0.725. The van der Waals surface area contributed by atoms with Crippen LogP contribution in [0.3, 0.4) is 0 Å². The summed E-state index contributed by atoms with van der Waals surface area (Å²) in [5, 5.41) is 12.1. The van der Waals surface area contributed by atoms with Crippen LogP contribution in [0.4, 0.5) is 0 Å². The van der Waals surface area contributed by atoms with Crippen molar-refractivity contribution in [2.45, 2.75) is 12.3 Å². The van der Waals surface area contributed by atoms with E-state index in [0.29, 0.717) is 11.2 Å². The summed E-state index contributed by atoms with van der Waals surface area (Å²) in [4.78, 5) is 22.5. The predicted octanol–water partition coefficient (Wildman–Crippen LogP) is 3.92. The van der Waals surface area contributed by atoms with Crippen molar-refractivity contribution in [3.63, 3.8) is 0 Å². The summed E-state index contributed by atoms with van der Waals surface area (Å²) in [5.41, 5.74) is 2.64. The Balaban J connectivity index is 2.01. The third-order valence-electron chi connectivity index (χ3n) is 3.39. The zero-order valence-electron chi connectivity index (χ0n) is 11.0. The first-order valence-corrected chi connectivity index (χ1v) is 7.30. The van der Waals surface area contributed by atoms with Crippen molar-refractivity contribution in [3.05, 3.63) is 46.9 Å². The molecule has 3 aromatic rings. The van der Waals surface area contributed by atoms with Crippen molar-refractivity contribution < 1.29 is 19.1 Å². The maximum absolute atomic E-state index is 11.2. The minimum Gasteiger partial charge on any atom is -0.481 e. The first kappa shape index (κ1) is 13.6. The molecule has 0 fully saturated rings. The minimum atomic E-state index is -0.979. The van der Waals surface area contributed by atoms with E-state index in [-0.39, 0.29) is 6.42 Å². The van der Waals surface area contributed by atoms with Crippen molar-refractivity contribution >= 4 is 34.6 Å². The van der Waals surface area contributed by atoms with Crippen LogP contribution in [0.2, 0.25) is 0 Å². The van der Waals surface area contributed by atoms with Gasteiger partial charge in [0.2, 0.25) is 0 Å². The van der Waals surface area contributed by atoms with Crippen molar-refractivity contribution in [2.75, 3.05) is 0 Å². The molecule has 0 saturated heterocycles. The van der Waals surface area contributed by atoms with Crippen LogP contribution >= 0.6 is 11.3 Å². The van der Waals surface area contributed by atoms with E-state index in [4.69, 9.17) is 4.42 Å². The highest BCUT2D eigenvalue weighted by molar-refractivity contribution is 7.10. The molecule has 0 spiro atoms. The number of carboxylic acids is 1. The van der Waals surface area contributed by atoms with Gasteiger partial charge in [-0.15, -0.1) is 11.3 Å². The molecule has 0 aliphatic rings. The van der Waals surface area contributed by atoms with E-state index in [1.807, 2.05) is 35.7 Å². The van der Waals surface area contributed by atoms with Crippen molar-refractivity contribution in [1.29, 1.82) is 0 Å². The van der Waals surface area contributed by atoms with Crippen LogP contribution in [-0.2, 0) is 9.59 Å². The third kappa shape index (κ3) is 2.48. The molecule has 0 aliphatic carbocycles. The highest BCUT2D eigenvalue weighted by atomic mass is 32.1. The molecule has 0 amide bonds. The number of fused-ring (bicyclic) bond motifs is 1. The Bertz CT molecular complexity index is 799. The van der Waals surface area contributed by atoms with Gasteiger partial charge in [0.15, 0.2) is 0 Å². The molecule has 5 heteroatoms. The second-order valence-corrected chi connectivity index (χ2v) is 5.62. The third-order valence-corrected chi connectivity index (χ3v) is 4.43. The number of aldehydes is 1. The first-order chi connectivity index (χ1) is 10.2. The van der Waals surface area contributed by atoms with Gasteiger partial charge in [-0.3, -0.25) is 4.79 Å². The van der Waals surface area contributed by atoms with Gasteiger partial charge < -0.3 is 14.3 Å². The van der Waals surface area contributed by atoms with E-state index < -0.39 is 11.9 Å². The summed E-state index contributed by atoms with van der Waals surface area (Å²) in [6.45, 7) is 0. The second kappa shape index (κ2) is 5.54. The molecule has 4 nitrogen and oxygen atoms in total. The molecule has 2 aromatic heterocycles. The molecule has 0 radical (unpaired) electrons. The van der Waals surface area contributed by atoms with Crippen LogP contribution in [0.1, 0.15) is 17.2 Å². The number of para-hydroxylation sites is 1. The van der Waals surface area contributed by atoms with Crippen LogP contribution < -0.4 is 0 Å². The van der Waals surface area contributed by atoms with Gasteiger partial charge in [0.1, 0.15) is 11.9 Å².